The Balaban J connectivity index is 1.43. The fourth-order valence-electron chi connectivity index (χ4n) is 3.00. The fourth-order valence-corrected chi connectivity index (χ4v) is 3.12. The van der Waals surface area contributed by atoms with Crippen molar-refractivity contribution in [3.63, 3.8) is 0 Å². The fraction of sp³-hybridized carbons (Fsp3) is 0.350. The zero-order valence-corrected chi connectivity index (χ0v) is 14.4. The van der Waals surface area contributed by atoms with E-state index in [2.05, 4.69) is 17.4 Å². The molecule has 2 aromatic rings. The first-order chi connectivity index (χ1) is 11.7. The molecule has 0 radical (unpaired) electrons. The van der Waals surface area contributed by atoms with Crippen molar-refractivity contribution < 1.29 is 9.53 Å². The first-order valence-corrected chi connectivity index (χ1v) is 8.78. The minimum atomic E-state index is -0.181. The Hall–Kier alpha value is -1.84. The van der Waals surface area contributed by atoms with Gasteiger partial charge in [0.25, 0.3) is 0 Å². The standard InChI is InChI=1S/C20H22ClNO2/c21-19-7-3-15(4-8-19)10-12-24-20(23)13-16-1-5-17(6-2-16)18-9-11-22-14-18/h1-8,18,22H,9-14H2. The van der Waals surface area contributed by atoms with Crippen LogP contribution < -0.4 is 5.32 Å². The van der Waals surface area contributed by atoms with Gasteiger partial charge >= 0.3 is 5.97 Å². The van der Waals surface area contributed by atoms with Crippen LogP contribution in [0.2, 0.25) is 5.02 Å². The molecular formula is C20H22ClNO2. The van der Waals surface area contributed by atoms with Gasteiger partial charge in [0.05, 0.1) is 13.0 Å². The van der Waals surface area contributed by atoms with Crippen molar-refractivity contribution >= 4 is 17.6 Å². The molecular weight excluding hydrogens is 322 g/mol. The topological polar surface area (TPSA) is 38.3 Å². The molecule has 4 heteroatoms. The van der Waals surface area contributed by atoms with E-state index in [9.17, 15) is 4.79 Å². The third-order valence-corrected chi connectivity index (χ3v) is 4.68. The summed E-state index contributed by atoms with van der Waals surface area (Å²) in [6, 6.07) is 15.9. The molecule has 0 bridgehead atoms. The summed E-state index contributed by atoms with van der Waals surface area (Å²) >= 11 is 5.85. The van der Waals surface area contributed by atoms with Gasteiger partial charge in [0.15, 0.2) is 0 Å². The second-order valence-electron chi connectivity index (χ2n) is 6.21. The van der Waals surface area contributed by atoms with E-state index in [-0.39, 0.29) is 5.97 Å². The Bertz CT molecular complexity index is 661. The molecule has 0 spiro atoms. The third-order valence-electron chi connectivity index (χ3n) is 4.43. The highest BCUT2D eigenvalue weighted by atomic mass is 35.5. The molecule has 1 heterocycles. The number of carbonyl (C=O) groups is 1. The van der Waals surface area contributed by atoms with Crippen LogP contribution in [0, 0.1) is 0 Å². The number of esters is 1. The largest absolute Gasteiger partial charge is 0.465 e. The molecule has 1 atom stereocenters. The van der Waals surface area contributed by atoms with Crippen molar-refractivity contribution in [3.8, 4) is 0 Å². The number of nitrogens with one attached hydrogen (secondary N) is 1. The molecule has 1 unspecified atom stereocenters. The Morgan fingerprint density at radius 1 is 1.08 bits per heavy atom. The molecule has 1 aliphatic heterocycles. The first-order valence-electron chi connectivity index (χ1n) is 8.40. The van der Waals surface area contributed by atoms with Crippen molar-refractivity contribution in [2.24, 2.45) is 0 Å². The Morgan fingerprint density at radius 3 is 2.46 bits per heavy atom. The molecule has 3 nitrogen and oxygen atoms in total. The van der Waals surface area contributed by atoms with Gasteiger partial charge in [-0.25, -0.2) is 0 Å². The lowest BCUT2D eigenvalue weighted by Crippen LogP contribution is -2.11. The van der Waals surface area contributed by atoms with Crippen LogP contribution in [0.3, 0.4) is 0 Å². The molecule has 126 valence electrons. The van der Waals surface area contributed by atoms with Crippen LogP contribution in [0.4, 0.5) is 0 Å². The Morgan fingerprint density at radius 2 is 1.79 bits per heavy atom. The molecule has 24 heavy (non-hydrogen) atoms. The molecule has 1 N–H and O–H groups in total. The minimum Gasteiger partial charge on any atom is -0.465 e. The zero-order valence-electron chi connectivity index (χ0n) is 13.6. The maximum absolute atomic E-state index is 11.9. The van der Waals surface area contributed by atoms with E-state index in [0.717, 1.165) is 24.2 Å². The van der Waals surface area contributed by atoms with Crippen molar-refractivity contribution in [2.45, 2.75) is 25.2 Å². The van der Waals surface area contributed by atoms with Crippen molar-refractivity contribution in [2.75, 3.05) is 19.7 Å². The van der Waals surface area contributed by atoms with E-state index in [0.29, 0.717) is 30.4 Å². The minimum absolute atomic E-state index is 0.181. The summed E-state index contributed by atoms with van der Waals surface area (Å²) < 4.78 is 5.33. The summed E-state index contributed by atoms with van der Waals surface area (Å²) in [5.74, 6) is 0.421. The van der Waals surface area contributed by atoms with Crippen molar-refractivity contribution in [3.05, 3.63) is 70.2 Å². The van der Waals surface area contributed by atoms with Crippen LogP contribution >= 0.6 is 11.6 Å². The van der Waals surface area contributed by atoms with Gasteiger partial charge in [-0.2, -0.15) is 0 Å². The van der Waals surface area contributed by atoms with Crippen LogP contribution in [0.25, 0.3) is 0 Å². The summed E-state index contributed by atoms with van der Waals surface area (Å²) in [4.78, 5) is 11.9. The number of carbonyl (C=O) groups excluding carboxylic acids is 1. The van der Waals surface area contributed by atoms with Crippen LogP contribution in [0.1, 0.15) is 29.0 Å². The van der Waals surface area contributed by atoms with Crippen molar-refractivity contribution in [1.29, 1.82) is 0 Å². The zero-order chi connectivity index (χ0) is 16.8. The van der Waals surface area contributed by atoms with Gasteiger partial charge in [0.1, 0.15) is 0 Å². The number of halogens is 1. The molecule has 0 aliphatic carbocycles. The average Bonchev–Trinajstić information content (AvgIpc) is 3.12. The Labute approximate surface area is 148 Å². The van der Waals surface area contributed by atoms with Gasteiger partial charge in [-0.05, 0) is 47.7 Å². The van der Waals surface area contributed by atoms with Gasteiger partial charge in [0.2, 0.25) is 0 Å². The highest BCUT2D eigenvalue weighted by Crippen LogP contribution is 2.22. The maximum atomic E-state index is 11.9. The van der Waals surface area contributed by atoms with Crippen LogP contribution in [-0.4, -0.2) is 25.7 Å². The van der Waals surface area contributed by atoms with Crippen LogP contribution in [-0.2, 0) is 22.4 Å². The molecule has 0 aromatic heterocycles. The molecule has 0 saturated carbocycles. The first kappa shape index (κ1) is 17.0. The highest BCUT2D eigenvalue weighted by molar-refractivity contribution is 6.30. The predicted octanol–water partition coefficient (Wildman–Crippen LogP) is 3.75. The van der Waals surface area contributed by atoms with E-state index >= 15 is 0 Å². The number of rotatable bonds is 6. The summed E-state index contributed by atoms with van der Waals surface area (Å²) in [5.41, 5.74) is 3.46. The second-order valence-corrected chi connectivity index (χ2v) is 6.64. The smallest absolute Gasteiger partial charge is 0.310 e. The third kappa shape index (κ3) is 4.83. The summed E-state index contributed by atoms with van der Waals surface area (Å²) in [6.45, 7) is 2.53. The average molecular weight is 344 g/mol. The predicted molar refractivity (Wildman–Crippen MR) is 96.5 cm³/mol. The molecule has 2 aromatic carbocycles. The van der Waals surface area contributed by atoms with Crippen LogP contribution in [0.15, 0.2) is 48.5 Å². The summed E-state index contributed by atoms with van der Waals surface area (Å²) in [5, 5.41) is 4.09. The van der Waals surface area contributed by atoms with Gasteiger partial charge in [0, 0.05) is 18.0 Å². The number of hydrogen-bond donors (Lipinski definition) is 1. The van der Waals surface area contributed by atoms with E-state index in [4.69, 9.17) is 16.3 Å². The lowest BCUT2D eigenvalue weighted by molar-refractivity contribution is -0.142. The normalized spacial score (nSPS) is 17.0. The summed E-state index contributed by atoms with van der Waals surface area (Å²) in [7, 11) is 0. The maximum Gasteiger partial charge on any atom is 0.310 e. The van der Waals surface area contributed by atoms with Crippen molar-refractivity contribution in [1.82, 2.24) is 5.32 Å². The van der Waals surface area contributed by atoms with Gasteiger partial charge < -0.3 is 10.1 Å². The van der Waals surface area contributed by atoms with E-state index in [1.165, 1.54) is 12.0 Å². The molecule has 1 aliphatic rings. The van der Waals surface area contributed by atoms with Gasteiger partial charge in [-0.1, -0.05) is 48.0 Å². The molecule has 1 saturated heterocycles. The number of ether oxygens (including phenoxy) is 1. The molecule has 1 fully saturated rings. The number of hydrogen-bond acceptors (Lipinski definition) is 3. The lowest BCUT2D eigenvalue weighted by atomic mass is 9.97. The van der Waals surface area contributed by atoms with E-state index < -0.39 is 0 Å². The second kappa shape index (κ2) is 8.32. The van der Waals surface area contributed by atoms with Gasteiger partial charge in [-0.15, -0.1) is 0 Å². The summed E-state index contributed by atoms with van der Waals surface area (Å²) in [6.07, 6.45) is 2.21. The monoisotopic (exact) mass is 343 g/mol. The van der Waals surface area contributed by atoms with E-state index in [1.807, 2.05) is 36.4 Å². The highest BCUT2D eigenvalue weighted by Gasteiger charge is 2.16. The SMILES string of the molecule is O=C(Cc1ccc(C2CCNC2)cc1)OCCc1ccc(Cl)cc1. The van der Waals surface area contributed by atoms with Gasteiger partial charge in [-0.3, -0.25) is 4.79 Å². The number of benzene rings is 2. The lowest BCUT2D eigenvalue weighted by Gasteiger charge is -2.10. The molecule has 3 rings (SSSR count). The van der Waals surface area contributed by atoms with E-state index in [1.54, 1.807) is 0 Å². The molecule has 0 amide bonds. The van der Waals surface area contributed by atoms with Crippen LogP contribution in [0.5, 0.6) is 0 Å². The Kier molecular flexibility index (Phi) is 5.89. The quantitative estimate of drug-likeness (QED) is 0.812.